The summed E-state index contributed by atoms with van der Waals surface area (Å²) >= 11 is 0. The van der Waals surface area contributed by atoms with Gasteiger partial charge >= 0.3 is 5.97 Å². The molecule has 6 nitrogen and oxygen atoms in total. The van der Waals surface area contributed by atoms with E-state index < -0.39 is 35.1 Å². The van der Waals surface area contributed by atoms with Crippen molar-refractivity contribution < 1.29 is 30.3 Å². The number of carboxylic acids is 1. The van der Waals surface area contributed by atoms with Gasteiger partial charge in [-0.3, -0.25) is 4.79 Å². The molecule has 0 aromatic heterocycles. The lowest BCUT2D eigenvalue weighted by Crippen LogP contribution is -2.69. The molecule has 0 aliphatic heterocycles. The minimum Gasteiger partial charge on any atom is -0.481 e. The Morgan fingerprint density at radius 2 is 1.61 bits per heavy atom. The molecule has 204 valence electrons. The summed E-state index contributed by atoms with van der Waals surface area (Å²) in [5.41, 5.74) is -1.44. The molecule has 0 aromatic carbocycles. The topological polar surface area (TPSA) is 118 Å². The highest BCUT2D eigenvalue weighted by Gasteiger charge is 2.72. The van der Waals surface area contributed by atoms with Crippen LogP contribution in [-0.4, -0.2) is 56.4 Å². The van der Waals surface area contributed by atoms with Gasteiger partial charge in [0.2, 0.25) is 0 Å². The Labute approximate surface area is 216 Å². The molecule has 4 fully saturated rings. The van der Waals surface area contributed by atoms with Crippen LogP contribution in [0.4, 0.5) is 0 Å². The molecule has 5 rings (SSSR count). The van der Waals surface area contributed by atoms with Gasteiger partial charge in [-0.2, -0.15) is 0 Å². The number of carbonyl (C=O) groups is 1. The Hall–Kier alpha value is -0.950. The van der Waals surface area contributed by atoms with Gasteiger partial charge in [0.1, 0.15) is 5.41 Å². The van der Waals surface area contributed by atoms with E-state index in [1.165, 1.54) is 5.57 Å². The molecule has 0 bridgehead atoms. The summed E-state index contributed by atoms with van der Waals surface area (Å²) in [4.78, 5) is 12.8. The van der Waals surface area contributed by atoms with Crippen molar-refractivity contribution in [2.24, 2.45) is 50.2 Å². The number of fused-ring (bicyclic) bond motifs is 7. The van der Waals surface area contributed by atoms with E-state index in [-0.39, 0.29) is 46.0 Å². The van der Waals surface area contributed by atoms with Crippen LogP contribution in [0, 0.1) is 50.2 Å². The summed E-state index contributed by atoms with van der Waals surface area (Å²) in [5, 5.41) is 54.5. The lowest BCUT2D eigenvalue weighted by atomic mass is 9.33. The maximum atomic E-state index is 12.8. The molecule has 0 aromatic rings. The number of hydrogen-bond donors (Lipinski definition) is 5. The lowest BCUT2D eigenvalue weighted by Gasteiger charge is -2.72. The second-order valence-electron chi connectivity index (χ2n) is 15.2. The SMILES string of the molecule is CC1(C)CC[C@]2(C(=O)O)[C@H](O)C[C@]3(C)C(=CC[C@@H]4[C@@]5(C)C[C@H](O)[C@H](O)[C@@](C)(CO)[C@H]5CC[C@]43C)[C@@H]2C1. The second-order valence-corrected chi connectivity index (χ2v) is 15.2. The predicted octanol–water partition coefficient (Wildman–Crippen LogP) is 4.15. The lowest BCUT2D eigenvalue weighted by molar-refractivity contribution is -0.248. The van der Waals surface area contributed by atoms with Gasteiger partial charge in [0.25, 0.3) is 0 Å². The van der Waals surface area contributed by atoms with Crippen molar-refractivity contribution in [1.29, 1.82) is 0 Å². The molecule has 5 aliphatic rings. The van der Waals surface area contributed by atoms with Crippen LogP contribution in [-0.2, 0) is 4.79 Å². The molecule has 0 amide bonds. The Kier molecular flexibility index (Phi) is 5.77. The molecule has 0 spiro atoms. The van der Waals surface area contributed by atoms with E-state index >= 15 is 0 Å². The van der Waals surface area contributed by atoms with Crippen LogP contribution >= 0.6 is 0 Å². The Bertz CT molecular complexity index is 974. The second kappa shape index (κ2) is 7.80. The van der Waals surface area contributed by atoms with Crippen molar-refractivity contribution in [1.82, 2.24) is 0 Å². The van der Waals surface area contributed by atoms with Crippen LogP contribution in [0.3, 0.4) is 0 Å². The van der Waals surface area contributed by atoms with Crippen LogP contribution in [0.25, 0.3) is 0 Å². The monoisotopic (exact) mass is 504 g/mol. The van der Waals surface area contributed by atoms with Gasteiger partial charge in [-0.25, -0.2) is 0 Å². The minimum absolute atomic E-state index is 0.0242. The average Bonchev–Trinajstić information content (AvgIpc) is 2.77. The summed E-state index contributed by atoms with van der Waals surface area (Å²) in [6.45, 7) is 13.1. The molecule has 4 saturated carbocycles. The van der Waals surface area contributed by atoms with E-state index in [2.05, 4.69) is 40.7 Å². The van der Waals surface area contributed by atoms with E-state index in [1.807, 2.05) is 6.92 Å². The van der Waals surface area contributed by atoms with Crippen molar-refractivity contribution in [3.8, 4) is 0 Å². The van der Waals surface area contributed by atoms with Gasteiger partial charge in [-0.05, 0) is 90.8 Å². The van der Waals surface area contributed by atoms with Gasteiger partial charge in [-0.1, -0.05) is 53.2 Å². The highest BCUT2D eigenvalue weighted by atomic mass is 16.4. The molecule has 5 N–H and O–H groups in total. The first-order chi connectivity index (χ1) is 16.5. The highest BCUT2D eigenvalue weighted by Crippen LogP contribution is 2.75. The van der Waals surface area contributed by atoms with Crippen molar-refractivity contribution >= 4 is 5.97 Å². The third kappa shape index (κ3) is 3.02. The first-order valence-corrected chi connectivity index (χ1v) is 14.1. The summed E-state index contributed by atoms with van der Waals surface area (Å²) in [5.74, 6) is -0.765. The van der Waals surface area contributed by atoms with Gasteiger partial charge in [0.15, 0.2) is 0 Å². The zero-order valence-corrected chi connectivity index (χ0v) is 23.0. The summed E-state index contributed by atoms with van der Waals surface area (Å²) in [7, 11) is 0. The van der Waals surface area contributed by atoms with Gasteiger partial charge in [0.05, 0.1) is 24.9 Å². The van der Waals surface area contributed by atoms with E-state index in [1.54, 1.807) is 0 Å². The van der Waals surface area contributed by atoms with E-state index in [4.69, 9.17) is 0 Å². The van der Waals surface area contributed by atoms with E-state index in [0.717, 1.165) is 32.1 Å². The summed E-state index contributed by atoms with van der Waals surface area (Å²) in [6.07, 6.45) is 5.13. The van der Waals surface area contributed by atoms with Crippen molar-refractivity contribution in [3.63, 3.8) is 0 Å². The number of aliphatic carboxylic acids is 1. The standard InChI is InChI=1S/C30H48O6/c1-25(2)11-12-30(24(35)36)18(13-25)17-7-8-21-26(3)14-19(32)23(34)27(4,16-31)20(26)9-10-28(21,5)29(17,6)15-22(30)33/h7,18-23,31-34H,8-16H2,1-6H3,(H,35,36)/t18-,19-,20-,21+,22+,23-,26-,27-,28+,29+,30+/m0/s1. The van der Waals surface area contributed by atoms with Gasteiger partial charge < -0.3 is 25.5 Å². The third-order valence-electron chi connectivity index (χ3n) is 13.2. The van der Waals surface area contributed by atoms with Crippen LogP contribution < -0.4 is 0 Å². The largest absolute Gasteiger partial charge is 0.481 e. The summed E-state index contributed by atoms with van der Waals surface area (Å²) < 4.78 is 0. The Balaban J connectivity index is 1.64. The molecule has 0 unspecified atom stereocenters. The smallest absolute Gasteiger partial charge is 0.312 e. The highest BCUT2D eigenvalue weighted by molar-refractivity contribution is 5.77. The molecule has 0 radical (unpaired) electrons. The molecule has 36 heavy (non-hydrogen) atoms. The Morgan fingerprint density at radius 1 is 0.944 bits per heavy atom. The average molecular weight is 505 g/mol. The molecular formula is C30H48O6. The number of aliphatic hydroxyl groups excluding tert-OH is 4. The molecule has 0 heterocycles. The zero-order chi connectivity index (χ0) is 26.7. The van der Waals surface area contributed by atoms with Crippen LogP contribution in [0.2, 0.25) is 0 Å². The maximum absolute atomic E-state index is 12.8. The quantitative estimate of drug-likeness (QED) is 0.361. The third-order valence-corrected chi connectivity index (χ3v) is 13.2. The van der Waals surface area contributed by atoms with Crippen molar-refractivity contribution in [2.75, 3.05) is 6.61 Å². The fourth-order valence-electron chi connectivity index (χ4n) is 10.9. The predicted molar refractivity (Wildman–Crippen MR) is 137 cm³/mol. The maximum Gasteiger partial charge on any atom is 0.312 e. The fraction of sp³-hybridized carbons (Fsp3) is 0.900. The van der Waals surface area contributed by atoms with E-state index in [9.17, 15) is 30.3 Å². The first kappa shape index (κ1) is 26.6. The number of hydrogen-bond acceptors (Lipinski definition) is 5. The number of rotatable bonds is 2. The molecule has 6 heteroatoms. The van der Waals surface area contributed by atoms with Crippen LogP contribution in [0.5, 0.6) is 0 Å². The Morgan fingerprint density at radius 3 is 2.22 bits per heavy atom. The molecular weight excluding hydrogens is 456 g/mol. The fourth-order valence-corrected chi connectivity index (χ4v) is 10.9. The van der Waals surface area contributed by atoms with Gasteiger partial charge in [-0.15, -0.1) is 0 Å². The summed E-state index contributed by atoms with van der Waals surface area (Å²) in [6, 6.07) is 0. The van der Waals surface area contributed by atoms with Crippen molar-refractivity contribution in [2.45, 2.75) is 111 Å². The van der Waals surface area contributed by atoms with Crippen LogP contribution in [0.1, 0.15) is 92.9 Å². The number of carboxylic acid groups (broad SMARTS) is 1. The van der Waals surface area contributed by atoms with Gasteiger partial charge in [0, 0.05) is 5.41 Å². The van der Waals surface area contributed by atoms with Crippen molar-refractivity contribution in [3.05, 3.63) is 11.6 Å². The normalized spacial score (nSPS) is 55.9. The minimum atomic E-state index is -1.12. The van der Waals surface area contributed by atoms with Crippen LogP contribution in [0.15, 0.2) is 11.6 Å². The number of aliphatic hydroxyl groups is 4. The van der Waals surface area contributed by atoms with E-state index in [0.29, 0.717) is 19.3 Å². The molecule has 0 saturated heterocycles. The molecule has 11 atom stereocenters. The molecule has 5 aliphatic carbocycles. The first-order valence-electron chi connectivity index (χ1n) is 14.1. The zero-order valence-electron chi connectivity index (χ0n) is 23.0. The number of allylic oxidation sites excluding steroid dienone is 2.